The van der Waals surface area contributed by atoms with Gasteiger partial charge in [-0.15, -0.1) is 0 Å². The fourth-order valence-corrected chi connectivity index (χ4v) is 4.57. The predicted molar refractivity (Wildman–Crippen MR) is 127 cm³/mol. The molecule has 186 valence electrons. The highest BCUT2D eigenvalue weighted by Gasteiger charge is 2.45. The molecular formula is C26H24F3N5O2. The first-order valence-corrected chi connectivity index (χ1v) is 11.4. The highest BCUT2D eigenvalue weighted by atomic mass is 19.4. The summed E-state index contributed by atoms with van der Waals surface area (Å²) in [5.41, 5.74) is -0.444. The summed E-state index contributed by atoms with van der Waals surface area (Å²) in [7, 11) is 1.58. The number of nitrogens with zero attached hydrogens (tertiary/aromatic N) is 5. The van der Waals surface area contributed by atoms with Crippen molar-refractivity contribution in [1.29, 1.82) is 0 Å². The first kappa shape index (κ1) is 23.8. The van der Waals surface area contributed by atoms with Gasteiger partial charge in [-0.05, 0) is 49.6 Å². The maximum atomic E-state index is 13.7. The Labute approximate surface area is 205 Å². The van der Waals surface area contributed by atoms with Gasteiger partial charge in [0.1, 0.15) is 11.4 Å². The van der Waals surface area contributed by atoms with E-state index in [1.54, 1.807) is 25.6 Å². The first-order chi connectivity index (χ1) is 17.2. The van der Waals surface area contributed by atoms with Gasteiger partial charge in [-0.1, -0.05) is 30.3 Å². The van der Waals surface area contributed by atoms with Gasteiger partial charge in [0, 0.05) is 18.3 Å². The molecule has 0 radical (unpaired) electrons. The number of ether oxygens (including phenoxy) is 1. The van der Waals surface area contributed by atoms with Gasteiger partial charge in [-0.25, -0.2) is 14.6 Å². The molecule has 1 aliphatic heterocycles. The lowest BCUT2D eigenvalue weighted by molar-refractivity contribution is -0.140. The number of aryl methyl sites for hydroxylation is 2. The van der Waals surface area contributed by atoms with Crippen LogP contribution in [0.4, 0.5) is 13.2 Å². The standard InChI is InChI=1S/C26H24F3N5O2/c1-17-15-33(16-30-17)21-10-8-18(14-22(21)36-2)9-11-23-31-24-25(35,12-5-13-34(24)32-23)19-6-3-4-7-20(19)26(27,28)29/h3-4,6-11,14-16,35H,5,12-13H2,1-2H3. The minimum atomic E-state index is -4.60. The number of methoxy groups -OCH3 is 1. The van der Waals surface area contributed by atoms with E-state index >= 15 is 0 Å². The molecule has 4 aromatic rings. The van der Waals surface area contributed by atoms with Crippen LogP contribution in [-0.2, 0) is 18.3 Å². The summed E-state index contributed by atoms with van der Waals surface area (Å²) in [6.45, 7) is 2.36. The fourth-order valence-electron chi connectivity index (χ4n) is 4.57. The third-order valence-corrected chi connectivity index (χ3v) is 6.26. The van der Waals surface area contributed by atoms with Crippen molar-refractivity contribution in [3.63, 3.8) is 0 Å². The number of benzene rings is 2. The molecule has 0 fully saturated rings. The van der Waals surface area contributed by atoms with Crippen LogP contribution in [0.3, 0.4) is 0 Å². The lowest BCUT2D eigenvalue weighted by Crippen LogP contribution is -2.37. The Balaban J connectivity index is 1.47. The number of alkyl halides is 3. The van der Waals surface area contributed by atoms with Gasteiger partial charge in [0.15, 0.2) is 11.6 Å². The quantitative estimate of drug-likeness (QED) is 0.422. The molecule has 1 atom stereocenters. The van der Waals surface area contributed by atoms with E-state index in [1.165, 1.54) is 22.9 Å². The average Bonchev–Trinajstić information content (AvgIpc) is 3.49. The lowest BCUT2D eigenvalue weighted by Gasteiger charge is -2.33. The van der Waals surface area contributed by atoms with Crippen LogP contribution in [0, 0.1) is 6.92 Å². The Morgan fingerprint density at radius 1 is 1.14 bits per heavy atom. The third kappa shape index (κ3) is 4.28. The van der Waals surface area contributed by atoms with Crippen LogP contribution >= 0.6 is 0 Å². The summed E-state index contributed by atoms with van der Waals surface area (Å²) in [6.07, 6.45) is 3.04. The number of rotatable bonds is 5. The average molecular weight is 496 g/mol. The van der Waals surface area contributed by atoms with E-state index in [0.717, 1.165) is 23.0 Å². The molecule has 2 aromatic carbocycles. The van der Waals surface area contributed by atoms with Gasteiger partial charge in [-0.2, -0.15) is 18.3 Å². The van der Waals surface area contributed by atoms with Gasteiger partial charge in [0.2, 0.25) is 0 Å². The lowest BCUT2D eigenvalue weighted by atomic mass is 9.83. The van der Waals surface area contributed by atoms with E-state index < -0.39 is 17.3 Å². The molecule has 0 saturated heterocycles. The Morgan fingerprint density at radius 3 is 2.67 bits per heavy atom. The van der Waals surface area contributed by atoms with E-state index in [4.69, 9.17) is 4.74 Å². The summed E-state index contributed by atoms with van der Waals surface area (Å²) in [5, 5.41) is 15.9. The molecule has 5 rings (SSSR count). The molecule has 0 amide bonds. The number of imidazole rings is 1. The van der Waals surface area contributed by atoms with E-state index in [1.807, 2.05) is 35.9 Å². The van der Waals surface area contributed by atoms with Crippen molar-refractivity contribution in [3.8, 4) is 11.4 Å². The summed E-state index contributed by atoms with van der Waals surface area (Å²) in [5.74, 6) is 1.04. The Morgan fingerprint density at radius 2 is 1.94 bits per heavy atom. The Kier molecular flexibility index (Phi) is 5.91. The summed E-state index contributed by atoms with van der Waals surface area (Å²) in [6, 6.07) is 10.7. The zero-order chi connectivity index (χ0) is 25.5. The van der Waals surface area contributed by atoms with Crippen molar-refractivity contribution in [1.82, 2.24) is 24.3 Å². The number of fused-ring (bicyclic) bond motifs is 1. The van der Waals surface area contributed by atoms with Crippen molar-refractivity contribution in [2.45, 2.75) is 38.1 Å². The van der Waals surface area contributed by atoms with Crippen molar-refractivity contribution in [3.05, 3.63) is 89.0 Å². The molecule has 0 aliphatic carbocycles. The second-order valence-electron chi connectivity index (χ2n) is 8.71. The molecule has 3 heterocycles. The van der Waals surface area contributed by atoms with Crippen molar-refractivity contribution >= 4 is 12.2 Å². The fraction of sp³-hybridized carbons (Fsp3) is 0.269. The van der Waals surface area contributed by atoms with Gasteiger partial charge < -0.3 is 14.4 Å². The molecule has 7 nitrogen and oxygen atoms in total. The molecule has 0 saturated carbocycles. The molecule has 1 aliphatic rings. The Hall–Kier alpha value is -3.92. The molecule has 0 bridgehead atoms. The molecule has 0 spiro atoms. The molecule has 36 heavy (non-hydrogen) atoms. The number of aliphatic hydroxyl groups is 1. The molecule has 1 unspecified atom stereocenters. The van der Waals surface area contributed by atoms with Crippen molar-refractivity contribution < 1.29 is 23.0 Å². The van der Waals surface area contributed by atoms with Crippen LogP contribution in [0.15, 0.2) is 55.0 Å². The second kappa shape index (κ2) is 8.94. The zero-order valence-electron chi connectivity index (χ0n) is 19.7. The highest BCUT2D eigenvalue weighted by molar-refractivity contribution is 5.69. The predicted octanol–water partition coefficient (Wildman–Crippen LogP) is 5.00. The minimum absolute atomic E-state index is 0.105. The molecule has 1 N–H and O–H groups in total. The monoisotopic (exact) mass is 495 g/mol. The van der Waals surface area contributed by atoms with Crippen molar-refractivity contribution in [2.24, 2.45) is 0 Å². The van der Waals surface area contributed by atoms with Gasteiger partial charge in [0.25, 0.3) is 0 Å². The molecule has 2 aromatic heterocycles. The topological polar surface area (TPSA) is 78.0 Å². The van der Waals surface area contributed by atoms with Crippen LogP contribution in [0.2, 0.25) is 0 Å². The normalized spacial score (nSPS) is 17.9. The van der Waals surface area contributed by atoms with Gasteiger partial charge >= 0.3 is 6.18 Å². The first-order valence-electron chi connectivity index (χ1n) is 11.4. The van der Waals surface area contributed by atoms with E-state index in [0.29, 0.717) is 24.5 Å². The van der Waals surface area contributed by atoms with E-state index in [-0.39, 0.29) is 17.8 Å². The number of halogens is 3. The van der Waals surface area contributed by atoms with Crippen LogP contribution in [0.1, 0.15) is 46.9 Å². The van der Waals surface area contributed by atoms with E-state index in [2.05, 4.69) is 15.1 Å². The summed E-state index contributed by atoms with van der Waals surface area (Å²) >= 11 is 0. The number of hydrogen-bond acceptors (Lipinski definition) is 5. The number of hydrogen-bond donors (Lipinski definition) is 1. The molecule has 10 heteroatoms. The van der Waals surface area contributed by atoms with Crippen LogP contribution in [-0.4, -0.2) is 36.5 Å². The largest absolute Gasteiger partial charge is 0.495 e. The third-order valence-electron chi connectivity index (χ3n) is 6.26. The van der Waals surface area contributed by atoms with Gasteiger partial charge in [0.05, 0.1) is 30.4 Å². The minimum Gasteiger partial charge on any atom is -0.495 e. The van der Waals surface area contributed by atoms with Crippen LogP contribution < -0.4 is 4.74 Å². The van der Waals surface area contributed by atoms with Crippen molar-refractivity contribution in [2.75, 3.05) is 7.11 Å². The second-order valence-corrected chi connectivity index (χ2v) is 8.71. The smallest absolute Gasteiger partial charge is 0.416 e. The zero-order valence-corrected chi connectivity index (χ0v) is 19.7. The number of aromatic nitrogens is 5. The SMILES string of the molecule is COc1cc(C=Cc2nc3n(n2)CCCC3(O)c2ccccc2C(F)(F)F)ccc1-n1cnc(C)c1. The summed E-state index contributed by atoms with van der Waals surface area (Å²) in [4.78, 5) is 8.68. The maximum Gasteiger partial charge on any atom is 0.416 e. The van der Waals surface area contributed by atoms with E-state index in [9.17, 15) is 18.3 Å². The molecular weight excluding hydrogens is 471 g/mol. The Bertz CT molecular complexity index is 1440. The van der Waals surface area contributed by atoms with Gasteiger partial charge in [-0.3, -0.25) is 0 Å². The maximum absolute atomic E-state index is 13.7. The van der Waals surface area contributed by atoms with Crippen LogP contribution in [0.5, 0.6) is 5.75 Å². The summed E-state index contributed by atoms with van der Waals surface area (Å²) < 4.78 is 49.9. The highest BCUT2D eigenvalue weighted by Crippen LogP contribution is 2.43. The van der Waals surface area contributed by atoms with Crippen LogP contribution in [0.25, 0.3) is 17.8 Å².